The van der Waals surface area contributed by atoms with Gasteiger partial charge in [0.05, 0.1) is 23.3 Å². The number of rotatable bonds is 7. The number of nitrogens with one attached hydrogen (secondary N) is 2. The number of carboxylic acids is 1. The highest BCUT2D eigenvalue weighted by atomic mass is 19.1. The number of carbonyl (C=O) groups is 3. The molecule has 228 valence electrons. The summed E-state index contributed by atoms with van der Waals surface area (Å²) in [4.78, 5) is 55.4. The van der Waals surface area contributed by atoms with Gasteiger partial charge < -0.3 is 29.9 Å². The van der Waals surface area contributed by atoms with Crippen molar-refractivity contribution >= 4 is 46.2 Å². The van der Waals surface area contributed by atoms with E-state index in [2.05, 4.69) is 15.6 Å². The van der Waals surface area contributed by atoms with Gasteiger partial charge in [0.1, 0.15) is 22.8 Å². The highest BCUT2D eigenvalue weighted by Crippen LogP contribution is 2.55. The number of ether oxygens (including phenoxy) is 1. The minimum atomic E-state index is -1.36. The Labute approximate surface area is 248 Å². The van der Waals surface area contributed by atoms with Crippen LogP contribution in [0.4, 0.5) is 30.8 Å². The van der Waals surface area contributed by atoms with Gasteiger partial charge in [0.2, 0.25) is 11.3 Å². The highest BCUT2D eigenvalue weighted by molar-refractivity contribution is 5.93. The fraction of sp³-hybridized carbons (Fsp3) is 0.367. The summed E-state index contributed by atoms with van der Waals surface area (Å²) in [5, 5.41) is 15.1. The van der Waals surface area contributed by atoms with Crippen molar-refractivity contribution in [1.82, 2.24) is 14.9 Å². The Kier molecular flexibility index (Phi) is 6.34. The molecule has 2 saturated heterocycles. The van der Waals surface area contributed by atoms with Crippen molar-refractivity contribution in [2.24, 2.45) is 5.41 Å². The van der Waals surface area contributed by atoms with Crippen molar-refractivity contribution < 1.29 is 33.0 Å². The van der Waals surface area contributed by atoms with Crippen molar-refractivity contribution in [3.63, 3.8) is 0 Å². The van der Waals surface area contributed by atoms with Crippen LogP contribution in [0.3, 0.4) is 0 Å². The number of cyclic esters (lactones) is 1. The number of hydrogen-bond donors (Lipinski definition) is 3. The van der Waals surface area contributed by atoms with E-state index in [4.69, 9.17) is 4.74 Å². The molecule has 0 bridgehead atoms. The van der Waals surface area contributed by atoms with Crippen LogP contribution in [0.25, 0.3) is 11.0 Å². The van der Waals surface area contributed by atoms with Gasteiger partial charge >= 0.3 is 12.1 Å². The molecule has 2 atom stereocenters. The molecule has 44 heavy (non-hydrogen) atoms. The van der Waals surface area contributed by atoms with Crippen LogP contribution < -0.4 is 25.9 Å². The van der Waals surface area contributed by atoms with E-state index in [1.807, 2.05) is 4.90 Å². The molecule has 4 aliphatic rings. The molecule has 4 heterocycles. The minimum Gasteiger partial charge on any atom is -0.477 e. The van der Waals surface area contributed by atoms with Gasteiger partial charge in [0, 0.05) is 49.9 Å². The van der Waals surface area contributed by atoms with Gasteiger partial charge in [0.15, 0.2) is 11.6 Å². The standard InChI is InChI=1S/C30H28F2N6O6/c1-15(39)33-11-18-12-38(29(43)44-18)17-4-5-23(21(31)8-17)34-24-10-30(24)6-7-36(14-30)27-22(32)9-19-25(40)20(28(41)42)13-37(16-2-3-16)26(19)35-27/h4-5,8-9,11,13,16,24,34H,2-3,6-7,10,12,14H2,1H3,(H,33,39)(H,41,42)/b18-11+/t24-,30?/m0/s1. The quantitative estimate of drug-likeness (QED) is 0.366. The molecule has 14 heteroatoms. The molecule has 12 nitrogen and oxygen atoms in total. The summed E-state index contributed by atoms with van der Waals surface area (Å²) in [6.07, 6.45) is 5.03. The lowest BCUT2D eigenvalue weighted by Crippen LogP contribution is -2.26. The molecular weight excluding hydrogens is 578 g/mol. The van der Waals surface area contributed by atoms with E-state index in [1.165, 1.54) is 30.3 Å². The van der Waals surface area contributed by atoms with Crippen LogP contribution in [-0.2, 0) is 9.53 Å². The Bertz CT molecular complexity index is 1860. The molecule has 0 radical (unpaired) electrons. The number of fused-ring (bicyclic) bond motifs is 1. The van der Waals surface area contributed by atoms with Gasteiger partial charge in [-0.25, -0.2) is 23.4 Å². The van der Waals surface area contributed by atoms with E-state index in [0.717, 1.165) is 31.7 Å². The number of carbonyl (C=O) groups excluding carboxylic acids is 2. The number of aromatic nitrogens is 2. The first-order chi connectivity index (χ1) is 21.0. The van der Waals surface area contributed by atoms with E-state index in [9.17, 15) is 24.3 Å². The second kappa shape index (κ2) is 10.0. The summed E-state index contributed by atoms with van der Waals surface area (Å²) in [6, 6.07) is 5.44. The van der Waals surface area contributed by atoms with Gasteiger partial charge in [0.25, 0.3) is 0 Å². The normalized spacial score (nSPS) is 23.5. The first-order valence-corrected chi connectivity index (χ1v) is 14.3. The lowest BCUT2D eigenvalue weighted by atomic mass is 10.1. The summed E-state index contributed by atoms with van der Waals surface area (Å²) in [5.41, 5.74) is -0.544. The molecule has 1 aromatic carbocycles. The Morgan fingerprint density at radius 1 is 1.18 bits per heavy atom. The van der Waals surface area contributed by atoms with Gasteiger partial charge in [-0.2, -0.15) is 0 Å². The summed E-state index contributed by atoms with van der Waals surface area (Å²) >= 11 is 0. The lowest BCUT2D eigenvalue weighted by Gasteiger charge is -2.20. The Morgan fingerprint density at radius 3 is 2.68 bits per heavy atom. The van der Waals surface area contributed by atoms with E-state index in [1.54, 1.807) is 16.7 Å². The predicted molar refractivity (Wildman–Crippen MR) is 155 cm³/mol. The highest BCUT2D eigenvalue weighted by Gasteiger charge is 2.58. The number of aromatic carboxylic acids is 1. The second-order valence-corrected chi connectivity index (χ2v) is 11.8. The lowest BCUT2D eigenvalue weighted by molar-refractivity contribution is -0.118. The van der Waals surface area contributed by atoms with E-state index in [-0.39, 0.29) is 58.2 Å². The molecule has 3 aromatic rings. The van der Waals surface area contributed by atoms with Gasteiger partial charge in [-0.15, -0.1) is 0 Å². The van der Waals surface area contributed by atoms with Crippen molar-refractivity contribution in [2.75, 3.05) is 34.8 Å². The average molecular weight is 607 g/mol. The number of amides is 2. The Balaban J connectivity index is 1.06. The molecule has 2 amide bonds. The summed E-state index contributed by atoms with van der Waals surface area (Å²) in [6.45, 7) is 2.36. The van der Waals surface area contributed by atoms with Crippen molar-refractivity contribution in [1.29, 1.82) is 0 Å². The van der Waals surface area contributed by atoms with Crippen LogP contribution >= 0.6 is 0 Å². The number of nitrogens with zero attached hydrogens (tertiary/aromatic N) is 4. The third-order valence-corrected chi connectivity index (χ3v) is 8.77. The maximum absolute atomic E-state index is 15.4. The number of pyridine rings is 2. The first kappa shape index (κ1) is 27.8. The summed E-state index contributed by atoms with van der Waals surface area (Å²) in [5.74, 6) is -2.58. The van der Waals surface area contributed by atoms with Gasteiger partial charge in [-0.1, -0.05) is 0 Å². The number of carboxylic acid groups (broad SMARTS) is 1. The summed E-state index contributed by atoms with van der Waals surface area (Å²) in [7, 11) is 0. The number of hydrogen-bond acceptors (Lipinski definition) is 8. The van der Waals surface area contributed by atoms with Crippen LogP contribution in [0.5, 0.6) is 0 Å². The minimum absolute atomic E-state index is 0.0172. The zero-order valence-electron chi connectivity index (χ0n) is 23.6. The maximum Gasteiger partial charge on any atom is 0.419 e. The monoisotopic (exact) mass is 606 g/mol. The molecule has 7 rings (SSSR count). The smallest absolute Gasteiger partial charge is 0.419 e. The van der Waals surface area contributed by atoms with Crippen LogP contribution in [0, 0.1) is 17.0 Å². The molecule has 1 unspecified atom stereocenters. The molecule has 2 saturated carbocycles. The van der Waals surface area contributed by atoms with Crippen molar-refractivity contribution in [2.45, 2.75) is 44.7 Å². The average Bonchev–Trinajstić information content (AvgIpc) is 3.85. The van der Waals surface area contributed by atoms with Crippen LogP contribution in [-0.4, -0.2) is 58.3 Å². The van der Waals surface area contributed by atoms with Gasteiger partial charge in [-0.05, 0) is 49.9 Å². The third kappa shape index (κ3) is 4.79. The van der Waals surface area contributed by atoms with E-state index in [0.29, 0.717) is 18.8 Å². The Morgan fingerprint density at radius 2 is 1.98 bits per heavy atom. The number of halogens is 2. The SMILES string of the molecule is CC(=O)N/C=C1\CN(c2ccc(N[C@H]3CC34CCN(c3nc5c(cc3F)c(=O)c(C(=O)O)cn5C3CC3)C4)c(F)c2)C(=O)O1. The van der Waals surface area contributed by atoms with E-state index >= 15 is 8.78 Å². The largest absolute Gasteiger partial charge is 0.477 e. The second-order valence-electron chi connectivity index (χ2n) is 11.8. The van der Waals surface area contributed by atoms with Gasteiger partial charge in [-0.3, -0.25) is 14.5 Å². The third-order valence-electron chi connectivity index (χ3n) is 8.77. The molecule has 4 fully saturated rings. The Hall–Kier alpha value is -5.01. The first-order valence-electron chi connectivity index (χ1n) is 14.3. The summed E-state index contributed by atoms with van der Waals surface area (Å²) < 4.78 is 37.3. The maximum atomic E-state index is 15.4. The predicted octanol–water partition coefficient (Wildman–Crippen LogP) is 3.72. The molecule has 2 aliphatic carbocycles. The fourth-order valence-electron chi connectivity index (χ4n) is 6.17. The molecular formula is C30H28F2N6O6. The topological polar surface area (TPSA) is 146 Å². The van der Waals surface area contributed by atoms with Crippen molar-refractivity contribution in [3.8, 4) is 0 Å². The zero-order valence-corrected chi connectivity index (χ0v) is 23.6. The van der Waals surface area contributed by atoms with Crippen molar-refractivity contribution in [3.05, 3.63) is 69.8 Å². The zero-order chi connectivity index (χ0) is 30.9. The van der Waals surface area contributed by atoms with Crippen LogP contribution in [0.1, 0.15) is 49.0 Å². The van der Waals surface area contributed by atoms with E-state index < -0.39 is 34.7 Å². The molecule has 2 aromatic heterocycles. The fourth-order valence-corrected chi connectivity index (χ4v) is 6.17. The number of anilines is 3. The van der Waals surface area contributed by atoms with Crippen LogP contribution in [0.2, 0.25) is 0 Å². The number of benzene rings is 1. The van der Waals surface area contributed by atoms with Crippen LogP contribution in [0.15, 0.2) is 47.2 Å². The molecule has 2 aliphatic heterocycles. The molecule has 3 N–H and O–H groups in total. The molecule has 1 spiro atoms.